The average molecular weight is 347 g/mol. The molecule has 128 valence electrons. The smallest absolute Gasteiger partial charge is 0.267 e. The van der Waals surface area contributed by atoms with Crippen LogP contribution in [0.2, 0.25) is 0 Å². The molecule has 0 saturated heterocycles. The fourth-order valence-electron chi connectivity index (χ4n) is 2.63. The summed E-state index contributed by atoms with van der Waals surface area (Å²) >= 11 is 0. The summed E-state index contributed by atoms with van der Waals surface area (Å²) in [5.74, 6) is 0.576. The Morgan fingerprint density at radius 2 is 1.67 bits per heavy atom. The van der Waals surface area contributed by atoms with Crippen LogP contribution in [0.25, 0.3) is 6.08 Å². The van der Waals surface area contributed by atoms with E-state index in [1.165, 1.54) is 19.2 Å². The van der Waals surface area contributed by atoms with Crippen LogP contribution in [0.3, 0.4) is 0 Å². The molecule has 0 aliphatic rings. The fraction of sp³-hybridized carbons (Fsp3) is 0.278. The van der Waals surface area contributed by atoms with Crippen LogP contribution in [0.15, 0.2) is 39.7 Å². The first-order valence-electron chi connectivity index (χ1n) is 7.48. The molecule has 5 nitrogen and oxygen atoms in total. The number of benzene rings is 1. The summed E-state index contributed by atoms with van der Waals surface area (Å²) in [5, 5.41) is 0. The third kappa shape index (κ3) is 3.59. The molecule has 2 rings (SSSR count). The predicted octanol–water partition coefficient (Wildman–Crippen LogP) is 3.37. The molecule has 0 atom stereocenters. The van der Waals surface area contributed by atoms with Gasteiger partial charge in [-0.1, -0.05) is 17.7 Å². The van der Waals surface area contributed by atoms with E-state index >= 15 is 0 Å². The van der Waals surface area contributed by atoms with E-state index in [0.717, 1.165) is 9.87 Å². The number of aryl methyl sites for hydroxylation is 4. The van der Waals surface area contributed by atoms with Gasteiger partial charge >= 0.3 is 0 Å². The van der Waals surface area contributed by atoms with Gasteiger partial charge in [0.25, 0.3) is 15.9 Å². The number of hydrogen-bond donors (Lipinski definition) is 0. The lowest BCUT2D eigenvalue weighted by Crippen LogP contribution is -2.32. The third-order valence-electron chi connectivity index (χ3n) is 3.68. The maximum Gasteiger partial charge on any atom is 0.267 e. The number of amides is 1. The summed E-state index contributed by atoms with van der Waals surface area (Å²) in [5.41, 5.74) is 2.22. The topological polar surface area (TPSA) is 67.6 Å². The Morgan fingerprint density at radius 1 is 1.08 bits per heavy atom. The largest absolute Gasteiger partial charge is 0.462 e. The van der Waals surface area contributed by atoms with Gasteiger partial charge in [0.05, 0.1) is 4.90 Å². The average Bonchev–Trinajstić information content (AvgIpc) is 2.88. The summed E-state index contributed by atoms with van der Waals surface area (Å²) in [6, 6.07) is 7.06. The van der Waals surface area contributed by atoms with Crippen molar-refractivity contribution in [2.24, 2.45) is 0 Å². The second-order valence-corrected chi connectivity index (χ2v) is 7.73. The van der Waals surface area contributed by atoms with Crippen molar-refractivity contribution in [1.29, 1.82) is 0 Å². The minimum absolute atomic E-state index is 0.172. The molecule has 1 heterocycles. The van der Waals surface area contributed by atoms with E-state index in [0.29, 0.717) is 22.6 Å². The first-order valence-corrected chi connectivity index (χ1v) is 8.92. The number of furan rings is 1. The van der Waals surface area contributed by atoms with Crippen molar-refractivity contribution in [1.82, 2.24) is 4.31 Å². The van der Waals surface area contributed by atoms with Gasteiger partial charge in [-0.05, 0) is 57.0 Å². The van der Waals surface area contributed by atoms with E-state index in [2.05, 4.69) is 0 Å². The number of sulfonamides is 1. The summed E-state index contributed by atoms with van der Waals surface area (Å²) < 4.78 is 31.7. The fourth-order valence-corrected chi connectivity index (χ4v) is 4.13. The molecule has 1 aromatic heterocycles. The first kappa shape index (κ1) is 18.0. The lowest BCUT2D eigenvalue weighted by Gasteiger charge is -2.19. The van der Waals surface area contributed by atoms with Crippen molar-refractivity contribution in [2.45, 2.75) is 32.6 Å². The van der Waals surface area contributed by atoms with Crippen molar-refractivity contribution in [3.8, 4) is 0 Å². The molecular weight excluding hydrogens is 326 g/mol. The zero-order chi connectivity index (χ0) is 18.1. The van der Waals surface area contributed by atoms with Crippen LogP contribution in [0, 0.1) is 27.7 Å². The van der Waals surface area contributed by atoms with Gasteiger partial charge in [0.1, 0.15) is 11.5 Å². The monoisotopic (exact) mass is 347 g/mol. The van der Waals surface area contributed by atoms with E-state index in [4.69, 9.17) is 4.42 Å². The zero-order valence-electron chi connectivity index (χ0n) is 14.5. The van der Waals surface area contributed by atoms with Crippen molar-refractivity contribution in [2.75, 3.05) is 7.05 Å². The van der Waals surface area contributed by atoms with Gasteiger partial charge in [-0.15, -0.1) is 0 Å². The van der Waals surface area contributed by atoms with Gasteiger partial charge < -0.3 is 4.42 Å². The highest BCUT2D eigenvalue weighted by atomic mass is 32.2. The maximum absolute atomic E-state index is 12.8. The van der Waals surface area contributed by atoms with Crippen molar-refractivity contribution < 1.29 is 17.6 Å². The molecule has 0 saturated carbocycles. The van der Waals surface area contributed by atoms with Gasteiger partial charge in [-0.3, -0.25) is 4.79 Å². The molecule has 1 aromatic carbocycles. The molecule has 0 N–H and O–H groups in total. The molecule has 0 unspecified atom stereocenters. The summed E-state index contributed by atoms with van der Waals surface area (Å²) in [7, 11) is -2.66. The Kier molecular flexibility index (Phi) is 4.99. The Bertz CT molecular complexity index is 884. The highest BCUT2D eigenvalue weighted by molar-refractivity contribution is 7.89. The Balaban J connectivity index is 2.32. The minimum Gasteiger partial charge on any atom is -0.462 e. The molecule has 0 fully saturated rings. The standard InChI is InChI=1S/C18H21NO4S/c1-12-10-13(2)18(14(3)11-12)24(21,22)19(5)17(20)9-8-16-7-6-15(4)23-16/h6-11H,1-5H3/b9-8+. The second kappa shape index (κ2) is 6.65. The van der Waals surface area contributed by atoms with Gasteiger partial charge in [0, 0.05) is 13.1 Å². The number of nitrogens with zero attached hydrogens (tertiary/aromatic N) is 1. The van der Waals surface area contributed by atoms with Crippen molar-refractivity contribution in [3.05, 3.63) is 58.6 Å². The van der Waals surface area contributed by atoms with E-state index in [1.807, 2.05) is 6.92 Å². The molecule has 0 radical (unpaired) electrons. The van der Waals surface area contributed by atoms with Crippen LogP contribution in [0.1, 0.15) is 28.2 Å². The lowest BCUT2D eigenvalue weighted by molar-refractivity contribution is -0.120. The van der Waals surface area contributed by atoms with E-state index in [1.54, 1.807) is 45.0 Å². The van der Waals surface area contributed by atoms with Crippen LogP contribution in [-0.4, -0.2) is 25.7 Å². The quantitative estimate of drug-likeness (QED) is 0.795. The molecular formula is C18H21NO4S. The Morgan fingerprint density at radius 3 is 2.17 bits per heavy atom. The van der Waals surface area contributed by atoms with Gasteiger partial charge in [0.2, 0.25) is 0 Å². The molecule has 1 amide bonds. The zero-order valence-corrected chi connectivity index (χ0v) is 15.3. The third-order valence-corrected chi connectivity index (χ3v) is 5.75. The number of hydrogen-bond acceptors (Lipinski definition) is 4. The molecule has 2 aromatic rings. The molecule has 24 heavy (non-hydrogen) atoms. The van der Waals surface area contributed by atoms with Crippen LogP contribution < -0.4 is 0 Å². The van der Waals surface area contributed by atoms with Crippen LogP contribution in [0.5, 0.6) is 0 Å². The van der Waals surface area contributed by atoms with Crippen LogP contribution in [-0.2, 0) is 14.8 Å². The van der Waals surface area contributed by atoms with Crippen LogP contribution in [0.4, 0.5) is 0 Å². The van der Waals surface area contributed by atoms with E-state index in [-0.39, 0.29) is 4.90 Å². The second-order valence-electron chi connectivity index (χ2n) is 5.82. The van der Waals surface area contributed by atoms with Crippen molar-refractivity contribution >= 4 is 22.0 Å². The normalized spacial score (nSPS) is 11.9. The number of likely N-dealkylation sites (N-methyl/N-ethyl adjacent to an activating group) is 1. The predicted molar refractivity (Wildman–Crippen MR) is 93.1 cm³/mol. The number of carbonyl (C=O) groups is 1. The summed E-state index contributed by atoms with van der Waals surface area (Å²) in [6.45, 7) is 7.15. The molecule has 0 aliphatic carbocycles. The van der Waals surface area contributed by atoms with E-state index in [9.17, 15) is 13.2 Å². The van der Waals surface area contributed by atoms with Gasteiger partial charge in [-0.2, -0.15) is 0 Å². The lowest BCUT2D eigenvalue weighted by atomic mass is 10.1. The van der Waals surface area contributed by atoms with Crippen LogP contribution >= 0.6 is 0 Å². The SMILES string of the molecule is Cc1cc(C)c(S(=O)(=O)N(C)C(=O)/C=C/c2ccc(C)o2)c(C)c1. The Labute approximate surface area is 142 Å². The summed E-state index contributed by atoms with van der Waals surface area (Å²) in [6.07, 6.45) is 2.64. The number of rotatable bonds is 4. The summed E-state index contributed by atoms with van der Waals surface area (Å²) in [4.78, 5) is 12.4. The minimum atomic E-state index is -3.91. The Hall–Kier alpha value is -2.34. The molecule has 6 heteroatoms. The molecule has 0 aliphatic heterocycles. The highest BCUT2D eigenvalue weighted by Crippen LogP contribution is 2.24. The van der Waals surface area contributed by atoms with Gasteiger partial charge in [0.15, 0.2) is 0 Å². The highest BCUT2D eigenvalue weighted by Gasteiger charge is 2.27. The number of carbonyl (C=O) groups excluding carboxylic acids is 1. The first-order chi connectivity index (χ1) is 11.1. The molecule has 0 spiro atoms. The molecule has 0 bridgehead atoms. The van der Waals surface area contributed by atoms with Crippen molar-refractivity contribution in [3.63, 3.8) is 0 Å². The van der Waals surface area contributed by atoms with E-state index < -0.39 is 15.9 Å². The van der Waals surface area contributed by atoms with Gasteiger partial charge in [-0.25, -0.2) is 12.7 Å². The maximum atomic E-state index is 12.8.